The van der Waals surface area contributed by atoms with Gasteiger partial charge in [0.25, 0.3) is 0 Å². The van der Waals surface area contributed by atoms with Gasteiger partial charge in [-0.2, -0.15) is 0 Å². The molecule has 1 aromatic carbocycles. The first-order chi connectivity index (χ1) is 9.73. The SMILES string of the molecule is CC(C)(O)CCc1ccc(CN2CCS(=O)(=O)CC2)cc1. The lowest BCUT2D eigenvalue weighted by molar-refractivity contribution is 0.0714. The average molecular weight is 311 g/mol. The van der Waals surface area contributed by atoms with Crippen molar-refractivity contribution in [1.82, 2.24) is 4.90 Å². The van der Waals surface area contributed by atoms with Gasteiger partial charge in [-0.25, -0.2) is 8.42 Å². The summed E-state index contributed by atoms with van der Waals surface area (Å²) in [6.45, 7) is 5.71. The Morgan fingerprint density at radius 1 is 1.10 bits per heavy atom. The Labute approximate surface area is 127 Å². The van der Waals surface area contributed by atoms with E-state index in [1.165, 1.54) is 11.1 Å². The van der Waals surface area contributed by atoms with Gasteiger partial charge < -0.3 is 5.11 Å². The third kappa shape index (κ3) is 5.77. The molecule has 21 heavy (non-hydrogen) atoms. The van der Waals surface area contributed by atoms with Gasteiger partial charge in [-0.3, -0.25) is 4.90 Å². The van der Waals surface area contributed by atoms with Crippen LogP contribution in [0.25, 0.3) is 0 Å². The van der Waals surface area contributed by atoms with Crippen LogP contribution in [0.4, 0.5) is 0 Å². The molecule has 0 spiro atoms. The molecule has 1 heterocycles. The van der Waals surface area contributed by atoms with Crippen molar-refractivity contribution in [3.05, 3.63) is 35.4 Å². The maximum absolute atomic E-state index is 11.4. The summed E-state index contributed by atoms with van der Waals surface area (Å²) in [5.74, 6) is 0.549. The highest BCUT2D eigenvalue weighted by atomic mass is 32.2. The van der Waals surface area contributed by atoms with E-state index in [0.29, 0.717) is 13.1 Å². The van der Waals surface area contributed by atoms with Crippen molar-refractivity contribution in [2.75, 3.05) is 24.6 Å². The Bertz CT molecular complexity index is 544. The van der Waals surface area contributed by atoms with Crippen LogP contribution in [0, 0.1) is 0 Å². The van der Waals surface area contributed by atoms with Gasteiger partial charge in [0.2, 0.25) is 0 Å². The highest BCUT2D eigenvalue weighted by Crippen LogP contribution is 2.15. The lowest BCUT2D eigenvalue weighted by Gasteiger charge is -2.26. The molecule has 4 nitrogen and oxygen atoms in total. The lowest BCUT2D eigenvalue weighted by Crippen LogP contribution is -2.39. The summed E-state index contributed by atoms with van der Waals surface area (Å²) in [5, 5.41) is 9.74. The molecule has 118 valence electrons. The smallest absolute Gasteiger partial charge is 0.152 e. The fraction of sp³-hybridized carbons (Fsp3) is 0.625. The Kier molecular flexibility index (Phi) is 5.07. The summed E-state index contributed by atoms with van der Waals surface area (Å²) in [7, 11) is -2.80. The van der Waals surface area contributed by atoms with E-state index in [2.05, 4.69) is 29.2 Å². The van der Waals surface area contributed by atoms with Gasteiger partial charge >= 0.3 is 0 Å². The quantitative estimate of drug-likeness (QED) is 0.898. The Morgan fingerprint density at radius 2 is 1.62 bits per heavy atom. The second-order valence-electron chi connectivity index (χ2n) is 6.56. The first kappa shape index (κ1) is 16.5. The van der Waals surface area contributed by atoms with Crippen LogP contribution in [0.15, 0.2) is 24.3 Å². The van der Waals surface area contributed by atoms with E-state index in [1.807, 2.05) is 13.8 Å². The first-order valence-electron chi connectivity index (χ1n) is 7.47. The standard InChI is InChI=1S/C16H25NO3S/c1-16(2,18)8-7-14-3-5-15(6-4-14)13-17-9-11-21(19,20)12-10-17/h3-6,18H,7-13H2,1-2H3. The highest BCUT2D eigenvalue weighted by molar-refractivity contribution is 7.91. The minimum Gasteiger partial charge on any atom is -0.390 e. The normalized spacial score (nSPS) is 19.6. The van der Waals surface area contributed by atoms with Gasteiger partial charge in [0.05, 0.1) is 17.1 Å². The van der Waals surface area contributed by atoms with Crippen molar-refractivity contribution in [3.63, 3.8) is 0 Å². The number of benzene rings is 1. The summed E-state index contributed by atoms with van der Waals surface area (Å²) in [6.07, 6.45) is 1.61. The number of hydrogen-bond acceptors (Lipinski definition) is 4. The molecule has 1 aliphatic heterocycles. The topological polar surface area (TPSA) is 57.6 Å². The van der Waals surface area contributed by atoms with Crippen LogP contribution in [-0.2, 0) is 22.8 Å². The molecule has 5 heteroatoms. The van der Waals surface area contributed by atoms with Crippen molar-refractivity contribution in [3.8, 4) is 0 Å². The highest BCUT2D eigenvalue weighted by Gasteiger charge is 2.21. The van der Waals surface area contributed by atoms with Gasteiger partial charge in [0.15, 0.2) is 9.84 Å². The van der Waals surface area contributed by atoms with Gasteiger partial charge in [-0.15, -0.1) is 0 Å². The summed E-state index contributed by atoms with van der Waals surface area (Å²) < 4.78 is 22.8. The molecule has 1 N–H and O–H groups in total. The zero-order valence-corrected chi connectivity index (χ0v) is 13.7. The van der Waals surface area contributed by atoms with Crippen LogP contribution in [-0.4, -0.2) is 48.6 Å². The molecule has 0 aromatic heterocycles. The van der Waals surface area contributed by atoms with Gasteiger partial charge in [0, 0.05) is 19.6 Å². The second kappa shape index (κ2) is 6.46. The van der Waals surface area contributed by atoms with E-state index in [9.17, 15) is 13.5 Å². The third-order valence-corrected chi connectivity index (χ3v) is 5.50. The van der Waals surface area contributed by atoms with Gasteiger partial charge in [0.1, 0.15) is 0 Å². The zero-order valence-electron chi connectivity index (χ0n) is 12.9. The van der Waals surface area contributed by atoms with Crippen LogP contribution in [0.3, 0.4) is 0 Å². The molecule has 1 saturated heterocycles. The molecule has 0 amide bonds. The molecule has 0 bridgehead atoms. The molecule has 2 rings (SSSR count). The molecule has 0 atom stereocenters. The number of aliphatic hydroxyl groups is 1. The molecule has 0 unspecified atom stereocenters. The zero-order chi connectivity index (χ0) is 15.5. The number of rotatable bonds is 5. The Morgan fingerprint density at radius 3 is 2.14 bits per heavy atom. The Balaban J connectivity index is 1.85. The molecule has 0 saturated carbocycles. The predicted octanol–water partition coefficient (Wildman–Crippen LogP) is 1.62. The van der Waals surface area contributed by atoms with Crippen LogP contribution in [0.5, 0.6) is 0 Å². The van der Waals surface area contributed by atoms with Gasteiger partial charge in [-0.05, 0) is 37.8 Å². The van der Waals surface area contributed by atoms with Gasteiger partial charge in [-0.1, -0.05) is 24.3 Å². The van der Waals surface area contributed by atoms with Crippen molar-refractivity contribution in [2.24, 2.45) is 0 Å². The van der Waals surface area contributed by atoms with Crippen molar-refractivity contribution < 1.29 is 13.5 Å². The minimum atomic E-state index is -2.80. The van der Waals surface area contributed by atoms with Crippen molar-refractivity contribution in [2.45, 2.75) is 38.8 Å². The maximum atomic E-state index is 11.4. The van der Waals surface area contributed by atoms with E-state index in [1.54, 1.807) is 0 Å². The van der Waals surface area contributed by atoms with Crippen LogP contribution < -0.4 is 0 Å². The van der Waals surface area contributed by atoms with Crippen LogP contribution >= 0.6 is 0 Å². The summed E-state index contributed by atoms with van der Waals surface area (Å²) in [6, 6.07) is 8.40. The van der Waals surface area contributed by atoms with E-state index in [0.717, 1.165) is 19.4 Å². The third-order valence-electron chi connectivity index (χ3n) is 3.89. The molecular formula is C16H25NO3S. The molecule has 1 fully saturated rings. The number of nitrogens with zero attached hydrogens (tertiary/aromatic N) is 1. The minimum absolute atomic E-state index is 0.274. The molecule has 0 aliphatic carbocycles. The average Bonchev–Trinajstić information content (AvgIpc) is 2.40. The summed E-state index contributed by atoms with van der Waals surface area (Å²) >= 11 is 0. The fourth-order valence-electron chi connectivity index (χ4n) is 2.43. The maximum Gasteiger partial charge on any atom is 0.152 e. The van der Waals surface area contributed by atoms with E-state index < -0.39 is 15.4 Å². The lowest BCUT2D eigenvalue weighted by atomic mass is 9.98. The van der Waals surface area contributed by atoms with Crippen molar-refractivity contribution in [1.29, 1.82) is 0 Å². The number of aryl methyl sites for hydroxylation is 1. The largest absolute Gasteiger partial charge is 0.390 e. The summed E-state index contributed by atoms with van der Waals surface area (Å²) in [4.78, 5) is 2.19. The van der Waals surface area contributed by atoms with E-state index in [-0.39, 0.29) is 11.5 Å². The molecule has 1 aliphatic rings. The Hall–Kier alpha value is -0.910. The number of hydrogen-bond donors (Lipinski definition) is 1. The monoisotopic (exact) mass is 311 g/mol. The van der Waals surface area contributed by atoms with E-state index >= 15 is 0 Å². The summed E-state index contributed by atoms with van der Waals surface area (Å²) in [5.41, 5.74) is 1.81. The molecule has 0 radical (unpaired) electrons. The van der Waals surface area contributed by atoms with Crippen molar-refractivity contribution >= 4 is 9.84 Å². The molecule has 1 aromatic rings. The van der Waals surface area contributed by atoms with E-state index in [4.69, 9.17) is 0 Å². The molecular weight excluding hydrogens is 286 g/mol. The second-order valence-corrected chi connectivity index (χ2v) is 8.86. The van der Waals surface area contributed by atoms with Crippen LogP contribution in [0.2, 0.25) is 0 Å². The predicted molar refractivity (Wildman–Crippen MR) is 85.0 cm³/mol. The van der Waals surface area contributed by atoms with Crippen LogP contribution in [0.1, 0.15) is 31.4 Å². The first-order valence-corrected chi connectivity index (χ1v) is 9.29. The number of sulfone groups is 1. The fourth-order valence-corrected chi connectivity index (χ4v) is 3.70.